The van der Waals surface area contributed by atoms with E-state index in [1.54, 1.807) is 7.11 Å². The van der Waals surface area contributed by atoms with E-state index in [9.17, 15) is 9.59 Å². The molecule has 0 unspecified atom stereocenters. The molecule has 0 aliphatic carbocycles. The molecule has 0 radical (unpaired) electrons. The van der Waals surface area contributed by atoms with Crippen molar-refractivity contribution in [3.8, 4) is 5.75 Å². The standard InChI is InChI=1S/C18H25N3O3/c1-24-14-7-4-6-13(12-14)16-9-5-11-21(16)18(23)20-15-8-2-3-10-19-17(15)22/h4,6-7,12,15-16H,2-3,5,8-11H2,1H3,(H,19,22)(H,20,23)/t15-,16-/m0/s1. The molecular weight excluding hydrogens is 306 g/mol. The zero-order valence-electron chi connectivity index (χ0n) is 14.1. The van der Waals surface area contributed by atoms with Crippen LogP contribution in [-0.2, 0) is 4.79 Å². The lowest BCUT2D eigenvalue weighted by molar-refractivity contribution is -0.122. The molecule has 24 heavy (non-hydrogen) atoms. The van der Waals surface area contributed by atoms with E-state index in [1.807, 2.05) is 29.2 Å². The Morgan fingerprint density at radius 3 is 3.00 bits per heavy atom. The van der Waals surface area contributed by atoms with Crippen molar-refractivity contribution >= 4 is 11.9 Å². The van der Waals surface area contributed by atoms with Crippen LogP contribution in [-0.4, -0.2) is 43.1 Å². The molecule has 2 saturated heterocycles. The normalized spacial score (nSPS) is 24.2. The average Bonchev–Trinajstić information content (AvgIpc) is 3.01. The van der Waals surface area contributed by atoms with Crippen LogP contribution in [0.3, 0.4) is 0 Å². The van der Waals surface area contributed by atoms with E-state index in [-0.39, 0.29) is 18.0 Å². The minimum atomic E-state index is -0.424. The number of rotatable bonds is 3. The number of nitrogens with one attached hydrogen (secondary N) is 2. The molecule has 2 atom stereocenters. The predicted octanol–water partition coefficient (Wildman–Crippen LogP) is 2.21. The Bertz CT molecular complexity index is 605. The van der Waals surface area contributed by atoms with Gasteiger partial charge in [-0.3, -0.25) is 4.79 Å². The lowest BCUT2D eigenvalue weighted by Crippen LogP contribution is -2.50. The van der Waals surface area contributed by atoms with Crippen molar-refractivity contribution in [3.63, 3.8) is 0 Å². The highest BCUT2D eigenvalue weighted by atomic mass is 16.5. The second-order valence-corrected chi connectivity index (χ2v) is 6.42. The van der Waals surface area contributed by atoms with Crippen LogP contribution in [0.5, 0.6) is 5.75 Å². The number of likely N-dealkylation sites (tertiary alicyclic amines) is 1. The van der Waals surface area contributed by atoms with E-state index >= 15 is 0 Å². The predicted molar refractivity (Wildman–Crippen MR) is 90.9 cm³/mol. The SMILES string of the molecule is COc1cccc([C@@H]2CCCN2C(=O)N[C@H]2CCCCNC2=O)c1. The molecule has 130 valence electrons. The van der Waals surface area contributed by atoms with Crippen molar-refractivity contribution in [3.05, 3.63) is 29.8 Å². The van der Waals surface area contributed by atoms with E-state index < -0.39 is 6.04 Å². The summed E-state index contributed by atoms with van der Waals surface area (Å²) in [5.41, 5.74) is 1.08. The molecule has 2 N–H and O–H groups in total. The van der Waals surface area contributed by atoms with Gasteiger partial charge in [-0.25, -0.2) is 4.79 Å². The minimum Gasteiger partial charge on any atom is -0.497 e. The highest BCUT2D eigenvalue weighted by Crippen LogP contribution is 2.33. The first-order valence-electron chi connectivity index (χ1n) is 8.68. The van der Waals surface area contributed by atoms with Crippen LogP contribution in [0.25, 0.3) is 0 Å². The van der Waals surface area contributed by atoms with Crippen molar-refractivity contribution in [2.75, 3.05) is 20.2 Å². The third kappa shape index (κ3) is 3.63. The Balaban J connectivity index is 1.70. The van der Waals surface area contributed by atoms with E-state index in [2.05, 4.69) is 10.6 Å². The first kappa shape index (κ1) is 16.6. The largest absolute Gasteiger partial charge is 0.497 e. The van der Waals surface area contributed by atoms with Crippen LogP contribution in [0.15, 0.2) is 24.3 Å². The molecule has 2 fully saturated rings. The van der Waals surface area contributed by atoms with Crippen molar-refractivity contribution in [1.82, 2.24) is 15.5 Å². The summed E-state index contributed by atoms with van der Waals surface area (Å²) in [6.07, 6.45) is 4.51. The fraction of sp³-hybridized carbons (Fsp3) is 0.556. The summed E-state index contributed by atoms with van der Waals surface area (Å²) in [5.74, 6) is 0.723. The van der Waals surface area contributed by atoms with Gasteiger partial charge < -0.3 is 20.3 Å². The maximum absolute atomic E-state index is 12.7. The molecule has 2 heterocycles. The monoisotopic (exact) mass is 331 g/mol. The van der Waals surface area contributed by atoms with Crippen LogP contribution < -0.4 is 15.4 Å². The van der Waals surface area contributed by atoms with Gasteiger partial charge in [0.25, 0.3) is 0 Å². The van der Waals surface area contributed by atoms with Gasteiger partial charge in [-0.2, -0.15) is 0 Å². The van der Waals surface area contributed by atoms with Gasteiger partial charge in [0, 0.05) is 13.1 Å². The Labute approximate surface area is 142 Å². The topological polar surface area (TPSA) is 70.7 Å². The number of ether oxygens (including phenoxy) is 1. The van der Waals surface area contributed by atoms with E-state index in [0.717, 1.165) is 37.0 Å². The molecule has 3 rings (SSSR count). The summed E-state index contributed by atoms with van der Waals surface area (Å²) in [7, 11) is 1.64. The van der Waals surface area contributed by atoms with Gasteiger partial charge in [-0.05, 0) is 49.8 Å². The van der Waals surface area contributed by atoms with Crippen molar-refractivity contribution < 1.29 is 14.3 Å². The summed E-state index contributed by atoms with van der Waals surface area (Å²) < 4.78 is 5.29. The molecule has 2 aliphatic heterocycles. The fourth-order valence-corrected chi connectivity index (χ4v) is 3.51. The second-order valence-electron chi connectivity index (χ2n) is 6.42. The number of carbonyl (C=O) groups excluding carboxylic acids is 2. The summed E-state index contributed by atoms with van der Waals surface area (Å²) >= 11 is 0. The maximum Gasteiger partial charge on any atom is 0.318 e. The first-order chi connectivity index (χ1) is 11.7. The van der Waals surface area contributed by atoms with Gasteiger partial charge in [-0.1, -0.05) is 12.1 Å². The van der Waals surface area contributed by atoms with Gasteiger partial charge >= 0.3 is 6.03 Å². The van der Waals surface area contributed by atoms with Crippen molar-refractivity contribution in [2.45, 2.75) is 44.2 Å². The summed E-state index contributed by atoms with van der Waals surface area (Å²) in [4.78, 5) is 26.6. The van der Waals surface area contributed by atoms with Gasteiger partial charge in [-0.15, -0.1) is 0 Å². The lowest BCUT2D eigenvalue weighted by atomic mass is 10.0. The third-order valence-electron chi connectivity index (χ3n) is 4.83. The van der Waals surface area contributed by atoms with Crippen molar-refractivity contribution in [2.24, 2.45) is 0 Å². The van der Waals surface area contributed by atoms with E-state index in [0.29, 0.717) is 19.5 Å². The molecule has 6 nitrogen and oxygen atoms in total. The molecule has 1 aromatic rings. The summed E-state index contributed by atoms with van der Waals surface area (Å²) in [6.45, 7) is 1.41. The summed E-state index contributed by atoms with van der Waals surface area (Å²) in [6, 6.07) is 7.31. The van der Waals surface area contributed by atoms with Gasteiger partial charge in [0.1, 0.15) is 11.8 Å². The molecule has 1 aromatic carbocycles. The van der Waals surface area contributed by atoms with Crippen LogP contribution in [0, 0.1) is 0 Å². The number of methoxy groups -OCH3 is 1. The molecular formula is C18H25N3O3. The summed E-state index contributed by atoms with van der Waals surface area (Å²) in [5, 5.41) is 5.78. The zero-order valence-corrected chi connectivity index (χ0v) is 14.1. The number of hydrogen-bond acceptors (Lipinski definition) is 3. The highest BCUT2D eigenvalue weighted by molar-refractivity contribution is 5.87. The second kappa shape index (κ2) is 7.55. The highest BCUT2D eigenvalue weighted by Gasteiger charge is 2.32. The molecule has 0 aromatic heterocycles. The Morgan fingerprint density at radius 1 is 1.29 bits per heavy atom. The van der Waals surface area contributed by atoms with Crippen molar-refractivity contribution in [1.29, 1.82) is 0 Å². The quantitative estimate of drug-likeness (QED) is 0.892. The number of hydrogen-bond donors (Lipinski definition) is 2. The molecule has 0 bridgehead atoms. The lowest BCUT2D eigenvalue weighted by Gasteiger charge is -2.27. The molecule has 0 spiro atoms. The Hall–Kier alpha value is -2.24. The van der Waals surface area contributed by atoms with Crippen LogP contribution in [0.2, 0.25) is 0 Å². The van der Waals surface area contributed by atoms with Crippen LogP contribution in [0.1, 0.15) is 43.7 Å². The minimum absolute atomic E-state index is 0.0361. The molecule has 3 amide bonds. The molecule has 2 aliphatic rings. The Morgan fingerprint density at radius 2 is 2.17 bits per heavy atom. The fourth-order valence-electron chi connectivity index (χ4n) is 3.51. The number of benzene rings is 1. The third-order valence-corrected chi connectivity index (χ3v) is 4.83. The van der Waals surface area contributed by atoms with E-state index in [4.69, 9.17) is 4.74 Å². The number of amides is 3. The number of carbonyl (C=O) groups is 2. The number of urea groups is 1. The Kier molecular flexibility index (Phi) is 5.23. The van der Waals surface area contributed by atoms with Crippen LogP contribution in [0.4, 0.5) is 4.79 Å². The van der Waals surface area contributed by atoms with E-state index in [1.165, 1.54) is 0 Å². The van der Waals surface area contributed by atoms with Gasteiger partial charge in [0.15, 0.2) is 0 Å². The van der Waals surface area contributed by atoms with Gasteiger partial charge in [0.05, 0.1) is 13.2 Å². The smallest absolute Gasteiger partial charge is 0.318 e. The molecule has 6 heteroatoms. The zero-order chi connectivity index (χ0) is 16.9. The molecule has 0 saturated carbocycles. The number of nitrogens with zero attached hydrogens (tertiary/aromatic N) is 1. The van der Waals surface area contributed by atoms with Gasteiger partial charge in [0.2, 0.25) is 5.91 Å². The average molecular weight is 331 g/mol. The first-order valence-corrected chi connectivity index (χ1v) is 8.68. The maximum atomic E-state index is 12.7. The van der Waals surface area contributed by atoms with Crippen LogP contribution >= 0.6 is 0 Å².